The number of benzene rings is 2. The highest BCUT2D eigenvalue weighted by Crippen LogP contribution is 2.34. The zero-order valence-corrected chi connectivity index (χ0v) is 22.6. The smallest absolute Gasteiger partial charge is 0.267 e. The number of rotatable bonds is 5. The van der Waals surface area contributed by atoms with E-state index in [0.29, 0.717) is 45.8 Å². The second-order valence-corrected chi connectivity index (χ2v) is 11.2. The molecule has 4 aromatic rings. The summed E-state index contributed by atoms with van der Waals surface area (Å²) in [6.07, 6.45) is 5.00. The number of hydrogen-bond acceptors (Lipinski definition) is 6. The minimum atomic E-state index is -0.192. The number of hydrogen-bond donors (Lipinski definition) is 0. The van der Waals surface area contributed by atoms with Crippen molar-refractivity contribution in [2.45, 2.75) is 26.3 Å². The van der Waals surface area contributed by atoms with E-state index in [0.717, 1.165) is 24.1 Å². The van der Waals surface area contributed by atoms with Gasteiger partial charge in [0.05, 0.1) is 10.5 Å². The van der Waals surface area contributed by atoms with E-state index in [1.807, 2.05) is 55.5 Å². The number of fused-ring (bicyclic) bond motifs is 2. The topological polar surface area (TPSA) is 57.9 Å². The molecule has 0 saturated carbocycles. The molecular weight excluding hydrogens is 512 g/mol. The molecule has 0 aliphatic carbocycles. The summed E-state index contributed by atoms with van der Waals surface area (Å²) in [6, 6.07) is 22.2. The molecule has 0 radical (unpaired) electrons. The van der Waals surface area contributed by atoms with Crippen LogP contribution in [0.15, 0.2) is 82.6 Å². The molecule has 190 valence electrons. The number of carbonyl (C=O) groups excluding carboxylic acids is 1. The molecule has 0 unspecified atom stereocenters. The maximum absolute atomic E-state index is 13.8. The van der Waals surface area contributed by atoms with E-state index >= 15 is 0 Å². The molecule has 4 heterocycles. The van der Waals surface area contributed by atoms with Crippen LogP contribution in [0.4, 0.5) is 5.82 Å². The van der Waals surface area contributed by atoms with E-state index in [1.165, 1.54) is 22.9 Å². The van der Waals surface area contributed by atoms with Crippen LogP contribution in [0.1, 0.15) is 27.8 Å². The lowest BCUT2D eigenvalue weighted by Crippen LogP contribution is -2.34. The molecule has 2 aromatic heterocycles. The molecule has 0 atom stereocenters. The summed E-state index contributed by atoms with van der Waals surface area (Å²) in [5.41, 5.74) is 5.45. The van der Waals surface area contributed by atoms with Gasteiger partial charge in [-0.25, -0.2) is 4.98 Å². The molecule has 1 saturated heterocycles. The second kappa shape index (κ2) is 10.2. The predicted octanol–water partition coefficient (Wildman–Crippen LogP) is 5.01. The Balaban J connectivity index is 1.39. The van der Waals surface area contributed by atoms with Gasteiger partial charge in [0, 0.05) is 25.8 Å². The van der Waals surface area contributed by atoms with Gasteiger partial charge >= 0.3 is 0 Å². The van der Waals surface area contributed by atoms with Crippen molar-refractivity contribution in [2.75, 3.05) is 18.0 Å². The molecule has 6 rings (SSSR count). The maximum Gasteiger partial charge on any atom is 0.267 e. The molecule has 1 fully saturated rings. The lowest BCUT2D eigenvalue weighted by molar-refractivity contribution is -0.122. The quantitative estimate of drug-likeness (QED) is 0.263. The van der Waals surface area contributed by atoms with Crippen LogP contribution in [0.5, 0.6) is 0 Å². The van der Waals surface area contributed by atoms with Crippen molar-refractivity contribution in [2.24, 2.45) is 0 Å². The summed E-state index contributed by atoms with van der Waals surface area (Å²) in [6.45, 7) is 3.85. The molecule has 0 N–H and O–H groups in total. The zero-order chi connectivity index (χ0) is 26.2. The first-order valence-corrected chi connectivity index (χ1v) is 13.8. The van der Waals surface area contributed by atoms with Crippen molar-refractivity contribution in [1.82, 2.24) is 14.3 Å². The van der Waals surface area contributed by atoms with E-state index in [9.17, 15) is 9.59 Å². The lowest BCUT2D eigenvalue weighted by Gasteiger charge is -2.31. The largest absolute Gasteiger partial charge is 0.351 e. The second-order valence-electron chi connectivity index (χ2n) is 9.55. The molecule has 38 heavy (non-hydrogen) atoms. The Kier molecular flexibility index (Phi) is 6.59. The van der Waals surface area contributed by atoms with Gasteiger partial charge in [0.1, 0.15) is 15.8 Å². The number of amides is 1. The van der Waals surface area contributed by atoms with Gasteiger partial charge in [-0.3, -0.25) is 18.9 Å². The van der Waals surface area contributed by atoms with Crippen molar-refractivity contribution in [3.63, 3.8) is 0 Å². The van der Waals surface area contributed by atoms with Crippen LogP contribution < -0.4 is 10.5 Å². The van der Waals surface area contributed by atoms with Crippen LogP contribution >= 0.6 is 24.0 Å². The first kappa shape index (κ1) is 24.6. The lowest BCUT2D eigenvalue weighted by atomic mass is 9.99. The highest BCUT2D eigenvalue weighted by Gasteiger charge is 2.33. The van der Waals surface area contributed by atoms with Crippen LogP contribution in [-0.2, 0) is 24.2 Å². The normalized spacial score (nSPS) is 16.5. The summed E-state index contributed by atoms with van der Waals surface area (Å²) in [7, 11) is 0. The van der Waals surface area contributed by atoms with Crippen molar-refractivity contribution in [3.8, 4) is 0 Å². The van der Waals surface area contributed by atoms with Gasteiger partial charge in [-0.05, 0) is 54.2 Å². The van der Waals surface area contributed by atoms with Crippen LogP contribution in [0.25, 0.3) is 11.7 Å². The van der Waals surface area contributed by atoms with Gasteiger partial charge in [0.15, 0.2) is 0 Å². The minimum Gasteiger partial charge on any atom is -0.351 e. The standard InChI is InChI=1S/C30H26N4O2S2/c1-20-8-7-15-33-26(20)31-27(32-16-14-22-11-5-6-12-23(22)19-32)24(28(33)35)18-25-29(36)34(30(37)38-25)17-13-21-9-3-2-4-10-21/h2-12,15,18H,13-14,16-17,19H2,1H3/b25-18-. The van der Waals surface area contributed by atoms with Crippen molar-refractivity contribution >= 4 is 51.7 Å². The number of thioether (sulfide) groups is 1. The summed E-state index contributed by atoms with van der Waals surface area (Å²) >= 11 is 6.82. The van der Waals surface area contributed by atoms with Gasteiger partial charge in [-0.1, -0.05) is 84.6 Å². The fraction of sp³-hybridized carbons (Fsp3) is 0.200. The van der Waals surface area contributed by atoms with E-state index in [1.54, 1.807) is 21.6 Å². The Hall–Kier alpha value is -3.75. The third-order valence-electron chi connectivity index (χ3n) is 7.11. The summed E-state index contributed by atoms with van der Waals surface area (Å²) in [4.78, 5) is 36.5. The first-order valence-electron chi connectivity index (χ1n) is 12.6. The minimum absolute atomic E-state index is 0.167. The Morgan fingerprint density at radius 1 is 1.00 bits per heavy atom. The summed E-state index contributed by atoms with van der Waals surface area (Å²) in [5, 5.41) is 0. The van der Waals surface area contributed by atoms with E-state index < -0.39 is 0 Å². The van der Waals surface area contributed by atoms with Gasteiger partial charge < -0.3 is 4.90 Å². The third-order valence-corrected chi connectivity index (χ3v) is 8.49. The van der Waals surface area contributed by atoms with Crippen molar-refractivity contribution in [1.29, 1.82) is 0 Å². The Bertz CT molecular complexity index is 1660. The molecular formula is C30H26N4O2S2. The Morgan fingerprint density at radius 3 is 2.58 bits per heavy atom. The third kappa shape index (κ3) is 4.54. The number of carbonyl (C=O) groups is 1. The zero-order valence-electron chi connectivity index (χ0n) is 21.0. The molecule has 0 spiro atoms. The number of thiocarbonyl (C=S) groups is 1. The molecule has 1 amide bonds. The average Bonchev–Trinajstić information content (AvgIpc) is 3.21. The van der Waals surface area contributed by atoms with Crippen LogP contribution in [0.3, 0.4) is 0 Å². The molecule has 2 aromatic carbocycles. The maximum atomic E-state index is 13.8. The molecule has 6 nitrogen and oxygen atoms in total. The van der Waals surface area contributed by atoms with E-state index in [2.05, 4.69) is 23.1 Å². The fourth-order valence-corrected chi connectivity index (χ4v) is 6.34. The monoisotopic (exact) mass is 538 g/mol. The number of aryl methyl sites for hydroxylation is 1. The van der Waals surface area contributed by atoms with Crippen LogP contribution in [-0.4, -0.2) is 37.6 Å². The SMILES string of the molecule is Cc1cccn2c(=O)c(/C=C3\SC(=S)N(CCc4ccccc4)C3=O)c(N3CCc4ccccc4C3)nc12. The van der Waals surface area contributed by atoms with Gasteiger partial charge in [0.2, 0.25) is 0 Å². The molecule has 2 aliphatic rings. The number of pyridine rings is 1. The molecule has 2 aliphatic heterocycles. The molecule has 8 heteroatoms. The van der Waals surface area contributed by atoms with Crippen molar-refractivity contribution < 1.29 is 4.79 Å². The average molecular weight is 539 g/mol. The van der Waals surface area contributed by atoms with Crippen LogP contribution in [0.2, 0.25) is 0 Å². The highest BCUT2D eigenvalue weighted by molar-refractivity contribution is 8.26. The first-order chi connectivity index (χ1) is 18.5. The van der Waals surface area contributed by atoms with Crippen LogP contribution in [0, 0.1) is 6.92 Å². The summed E-state index contributed by atoms with van der Waals surface area (Å²) < 4.78 is 2.08. The van der Waals surface area contributed by atoms with Gasteiger partial charge in [-0.2, -0.15) is 0 Å². The Labute approximate surface area is 230 Å². The molecule has 0 bridgehead atoms. The van der Waals surface area contributed by atoms with E-state index in [4.69, 9.17) is 17.2 Å². The Morgan fingerprint density at radius 2 is 1.76 bits per heavy atom. The number of nitrogens with zero attached hydrogens (tertiary/aromatic N) is 4. The highest BCUT2D eigenvalue weighted by atomic mass is 32.2. The van der Waals surface area contributed by atoms with E-state index in [-0.39, 0.29) is 11.5 Å². The van der Waals surface area contributed by atoms with Crippen molar-refractivity contribution in [3.05, 3.63) is 116 Å². The predicted molar refractivity (Wildman–Crippen MR) is 157 cm³/mol. The summed E-state index contributed by atoms with van der Waals surface area (Å²) in [5.74, 6) is 0.438. The number of anilines is 1. The number of aromatic nitrogens is 2. The van der Waals surface area contributed by atoms with Gasteiger partial charge in [0.25, 0.3) is 11.5 Å². The fourth-order valence-electron chi connectivity index (χ4n) is 5.05. The van der Waals surface area contributed by atoms with Gasteiger partial charge in [-0.15, -0.1) is 0 Å².